The van der Waals surface area contributed by atoms with Gasteiger partial charge in [-0.25, -0.2) is 4.98 Å². The van der Waals surface area contributed by atoms with Crippen LogP contribution in [0.15, 0.2) is 31.0 Å². The summed E-state index contributed by atoms with van der Waals surface area (Å²) >= 11 is 0. The Morgan fingerprint density at radius 3 is 2.75 bits per heavy atom. The maximum atomic E-state index is 9.35. The SMILES string of the molecule is C=CCN(CCO)c1ccc(C(C)O)cn1. The molecule has 0 aliphatic heterocycles. The summed E-state index contributed by atoms with van der Waals surface area (Å²) in [5.41, 5.74) is 0.784. The number of hydrogen-bond donors (Lipinski definition) is 2. The van der Waals surface area contributed by atoms with Crippen LogP contribution in [0.2, 0.25) is 0 Å². The summed E-state index contributed by atoms with van der Waals surface area (Å²) in [6, 6.07) is 3.67. The molecule has 0 amide bonds. The van der Waals surface area contributed by atoms with Crippen LogP contribution in [0.5, 0.6) is 0 Å². The summed E-state index contributed by atoms with van der Waals surface area (Å²) in [5, 5.41) is 18.3. The smallest absolute Gasteiger partial charge is 0.128 e. The van der Waals surface area contributed by atoms with Gasteiger partial charge in [0.2, 0.25) is 0 Å². The lowest BCUT2D eigenvalue weighted by molar-refractivity contribution is 0.199. The topological polar surface area (TPSA) is 56.6 Å². The Bertz CT molecular complexity index is 322. The Morgan fingerprint density at radius 1 is 1.56 bits per heavy atom. The minimum absolute atomic E-state index is 0.0771. The van der Waals surface area contributed by atoms with E-state index in [2.05, 4.69) is 11.6 Å². The maximum Gasteiger partial charge on any atom is 0.128 e. The highest BCUT2D eigenvalue weighted by atomic mass is 16.3. The van der Waals surface area contributed by atoms with Gasteiger partial charge in [-0.05, 0) is 18.6 Å². The van der Waals surface area contributed by atoms with E-state index in [1.54, 1.807) is 19.2 Å². The van der Waals surface area contributed by atoms with Crippen molar-refractivity contribution in [3.05, 3.63) is 36.5 Å². The minimum Gasteiger partial charge on any atom is -0.395 e. The van der Waals surface area contributed by atoms with Gasteiger partial charge in [0, 0.05) is 19.3 Å². The molecule has 88 valence electrons. The molecule has 0 saturated heterocycles. The molecule has 4 heteroatoms. The van der Waals surface area contributed by atoms with Crippen LogP contribution in [0.4, 0.5) is 5.82 Å². The van der Waals surface area contributed by atoms with Gasteiger partial charge in [-0.2, -0.15) is 0 Å². The third-order valence-corrected chi connectivity index (χ3v) is 2.30. The zero-order chi connectivity index (χ0) is 12.0. The monoisotopic (exact) mass is 222 g/mol. The lowest BCUT2D eigenvalue weighted by atomic mass is 10.2. The third kappa shape index (κ3) is 3.32. The third-order valence-electron chi connectivity index (χ3n) is 2.30. The first-order valence-electron chi connectivity index (χ1n) is 5.29. The second kappa shape index (κ2) is 6.25. The van der Waals surface area contributed by atoms with Crippen molar-refractivity contribution in [3.8, 4) is 0 Å². The average Bonchev–Trinajstić information content (AvgIpc) is 2.29. The minimum atomic E-state index is -0.507. The Balaban J connectivity index is 2.80. The van der Waals surface area contributed by atoms with Crippen molar-refractivity contribution in [1.82, 2.24) is 4.98 Å². The van der Waals surface area contributed by atoms with Gasteiger partial charge in [0.15, 0.2) is 0 Å². The molecule has 1 atom stereocenters. The largest absolute Gasteiger partial charge is 0.395 e. The van der Waals surface area contributed by atoms with Crippen molar-refractivity contribution >= 4 is 5.82 Å². The first kappa shape index (κ1) is 12.7. The van der Waals surface area contributed by atoms with Crippen LogP contribution in [0.1, 0.15) is 18.6 Å². The van der Waals surface area contributed by atoms with Gasteiger partial charge >= 0.3 is 0 Å². The number of aliphatic hydroxyl groups excluding tert-OH is 2. The summed E-state index contributed by atoms with van der Waals surface area (Å²) in [4.78, 5) is 6.16. The molecule has 1 aromatic rings. The van der Waals surface area contributed by atoms with Crippen molar-refractivity contribution in [1.29, 1.82) is 0 Å². The molecule has 1 rings (SSSR count). The molecule has 0 saturated carbocycles. The van der Waals surface area contributed by atoms with Gasteiger partial charge in [-0.15, -0.1) is 6.58 Å². The summed E-state index contributed by atoms with van der Waals surface area (Å²) in [5.74, 6) is 0.776. The van der Waals surface area contributed by atoms with E-state index in [1.165, 1.54) is 0 Å². The second-order valence-electron chi connectivity index (χ2n) is 3.58. The molecule has 0 bridgehead atoms. The number of pyridine rings is 1. The Hall–Kier alpha value is -1.39. The van der Waals surface area contributed by atoms with E-state index in [-0.39, 0.29) is 6.61 Å². The van der Waals surface area contributed by atoms with Gasteiger partial charge in [0.25, 0.3) is 0 Å². The normalized spacial score (nSPS) is 12.2. The number of aromatic nitrogens is 1. The molecule has 16 heavy (non-hydrogen) atoms. The van der Waals surface area contributed by atoms with Crippen LogP contribution >= 0.6 is 0 Å². The van der Waals surface area contributed by atoms with E-state index in [4.69, 9.17) is 5.11 Å². The molecular formula is C12H18N2O2. The quantitative estimate of drug-likeness (QED) is 0.708. The Kier molecular flexibility index (Phi) is 4.95. The van der Waals surface area contributed by atoms with Gasteiger partial charge in [-0.3, -0.25) is 0 Å². The number of hydrogen-bond acceptors (Lipinski definition) is 4. The lowest BCUT2D eigenvalue weighted by Crippen LogP contribution is -2.27. The van der Waals surface area contributed by atoms with Crippen molar-refractivity contribution in [2.24, 2.45) is 0 Å². The molecule has 1 aromatic heterocycles. The summed E-state index contributed by atoms with van der Waals surface area (Å²) in [6.07, 6.45) is 2.90. The van der Waals surface area contributed by atoms with E-state index in [0.29, 0.717) is 13.1 Å². The van der Waals surface area contributed by atoms with Gasteiger partial charge in [0.1, 0.15) is 5.82 Å². The first-order valence-corrected chi connectivity index (χ1v) is 5.29. The number of rotatable bonds is 6. The predicted molar refractivity (Wildman–Crippen MR) is 64.4 cm³/mol. The van der Waals surface area contributed by atoms with E-state index in [0.717, 1.165) is 11.4 Å². The van der Waals surface area contributed by atoms with Crippen molar-refractivity contribution in [2.45, 2.75) is 13.0 Å². The highest BCUT2D eigenvalue weighted by Crippen LogP contribution is 2.15. The molecule has 2 N–H and O–H groups in total. The zero-order valence-corrected chi connectivity index (χ0v) is 9.50. The van der Waals surface area contributed by atoms with Crippen LogP contribution in [-0.4, -0.2) is 34.9 Å². The predicted octanol–water partition coefficient (Wildman–Crippen LogP) is 1.12. The fraction of sp³-hybridized carbons (Fsp3) is 0.417. The van der Waals surface area contributed by atoms with Crippen molar-refractivity contribution in [3.63, 3.8) is 0 Å². The molecule has 0 spiro atoms. The molecule has 4 nitrogen and oxygen atoms in total. The van der Waals surface area contributed by atoms with Crippen LogP contribution in [0.3, 0.4) is 0 Å². The standard InChI is InChI=1S/C12H18N2O2/c1-3-6-14(7-8-15)12-5-4-11(9-13-12)10(2)16/h3-5,9-10,15-16H,1,6-8H2,2H3. The molecule has 0 aliphatic rings. The van der Waals surface area contributed by atoms with Crippen LogP contribution < -0.4 is 4.90 Å². The fourth-order valence-corrected chi connectivity index (χ4v) is 1.41. The summed E-state index contributed by atoms with van der Waals surface area (Å²) in [7, 11) is 0. The first-order chi connectivity index (χ1) is 7.69. The molecule has 0 radical (unpaired) electrons. The Morgan fingerprint density at radius 2 is 2.31 bits per heavy atom. The maximum absolute atomic E-state index is 9.35. The fourth-order valence-electron chi connectivity index (χ4n) is 1.41. The zero-order valence-electron chi connectivity index (χ0n) is 9.50. The van der Waals surface area contributed by atoms with Crippen molar-refractivity contribution < 1.29 is 10.2 Å². The average molecular weight is 222 g/mol. The van der Waals surface area contributed by atoms with Crippen LogP contribution in [0, 0.1) is 0 Å². The lowest BCUT2D eigenvalue weighted by Gasteiger charge is -2.21. The van der Waals surface area contributed by atoms with Crippen LogP contribution in [0.25, 0.3) is 0 Å². The van der Waals surface area contributed by atoms with Gasteiger partial charge in [0.05, 0.1) is 12.7 Å². The van der Waals surface area contributed by atoms with E-state index in [9.17, 15) is 5.11 Å². The number of anilines is 1. The molecular weight excluding hydrogens is 204 g/mol. The van der Waals surface area contributed by atoms with Gasteiger partial charge in [-0.1, -0.05) is 12.1 Å². The van der Waals surface area contributed by atoms with E-state index in [1.807, 2.05) is 17.0 Å². The molecule has 0 fully saturated rings. The molecule has 1 unspecified atom stereocenters. The van der Waals surface area contributed by atoms with E-state index < -0.39 is 6.10 Å². The summed E-state index contributed by atoms with van der Waals surface area (Å²) in [6.45, 7) is 6.60. The second-order valence-corrected chi connectivity index (χ2v) is 3.58. The number of nitrogens with zero attached hydrogens (tertiary/aromatic N) is 2. The van der Waals surface area contributed by atoms with E-state index >= 15 is 0 Å². The highest BCUT2D eigenvalue weighted by molar-refractivity contribution is 5.40. The molecule has 1 heterocycles. The summed E-state index contributed by atoms with van der Waals surface area (Å²) < 4.78 is 0. The number of aliphatic hydroxyl groups is 2. The Labute approximate surface area is 95.9 Å². The molecule has 0 aliphatic carbocycles. The van der Waals surface area contributed by atoms with Crippen molar-refractivity contribution in [2.75, 3.05) is 24.6 Å². The molecule has 0 aromatic carbocycles. The van der Waals surface area contributed by atoms with Gasteiger partial charge < -0.3 is 15.1 Å². The highest BCUT2D eigenvalue weighted by Gasteiger charge is 2.06. The van der Waals surface area contributed by atoms with Crippen LogP contribution in [-0.2, 0) is 0 Å².